The Morgan fingerprint density at radius 2 is 1.74 bits per heavy atom. The number of amides is 1. The Morgan fingerprint density at radius 1 is 1.04 bits per heavy atom. The zero-order valence-corrected chi connectivity index (χ0v) is 13.8. The molecule has 120 valence electrons. The van der Waals surface area contributed by atoms with Crippen LogP contribution in [0.25, 0.3) is 0 Å². The fraction of sp³-hybridized carbons (Fsp3) is 0.222. The number of rotatable bonds is 7. The predicted octanol–water partition coefficient (Wildman–Crippen LogP) is 3.52. The summed E-state index contributed by atoms with van der Waals surface area (Å²) in [6, 6.07) is 17.2. The molecule has 0 saturated carbocycles. The summed E-state index contributed by atoms with van der Waals surface area (Å²) in [6.07, 6.45) is 0.823. The minimum absolute atomic E-state index is 0.183. The molecule has 1 N–H and O–H groups in total. The van der Waals surface area contributed by atoms with Crippen LogP contribution in [0, 0.1) is 0 Å². The lowest BCUT2D eigenvalue weighted by Gasteiger charge is -2.10. The molecule has 0 aliphatic heterocycles. The SMILES string of the molecule is CCc1ccccc1NC(=O)COC(=O)CSc1ccccc1. The fourth-order valence-electron chi connectivity index (χ4n) is 1.98. The maximum Gasteiger partial charge on any atom is 0.316 e. The maximum atomic E-state index is 11.9. The van der Waals surface area contributed by atoms with Gasteiger partial charge in [0, 0.05) is 10.6 Å². The number of thioether (sulfide) groups is 1. The van der Waals surface area contributed by atoms with Gasteiger partial charge < -0.3 is 10.1 Å². The van der Waals surface area contributed by atoms with Crippen molar-refractivity contribution >= 4 is 29.3 Å². The monoisotopic (exact) mass is 329 g/mol. The van der Waals surface area contributed by atoms with Gasteiger partial charge in [0.1, 0.15) is 0 Å². The first-order valence-electron chi connectivity index (χ1n) is 7.40. The van der Waals surface area contributed by atoms with Crippen molar-refractivity contribution in [3.8, 4) is 0 Å². The zero-order chi connectivity index (χ0) is 16.5. The standard InChI is InChI=1S/C18H19NO3S/c1-2-14-8-6-7-11-16(14)19-17(20)12-22-18(21)13-23-15-9-4-3-5-10-15/h3-11H,2,12-13H2,1H3,(H,19,20). The van der Waals surface area contributed by atoms with Gasteiger partial charge in [-0.25, -0.2) is 0 Å². The molecule has 0 saturated heterocycles. The zero-order valence-electron chi connectivity index (χ0n) is 13.0. The number of para-hydroxylation sites is 1. The van der Waals surface area contributed by atoms with Crippen LogP contribution in [0.2, 0.25) is 0 Å². The Bertz CT molecular complexity index is 658. The molecule has 0 heterocycles. The van der Waals surface area contributed by atoms with E-state index < -0.39 is 5.97 Å². The van der Waals surface area contributed by atoms with Gasteiger partial charge in [-0.2, -0.15) is 0 Å². The van der Waals surface area contributed by atoms with Crippen LogP contribution in [0.15, 0.2) is 59.5 Å². The molecule has 2 aromatic carbocycles. The van der Waals surface area contributed by atoms with Gasteiger partial charge in [0.25, 0.3) is 5.91 Å². The van der Waals surface area contributed by atoms with Gasteiger partial charge in [0.15, 0.2) is 6.61 Å². The Kier molecular flexibility index (Phi) is 6.69. The van der Waals surface area contributed by atoms with E-state index in [-0.39, 0.29) is 18.3 Å². The average Bonchev–Trinajstić information content (AvgIpc) is 2.59. The van der Waals surface area contributed by atoms with Crippen LogP contribution in [0.1, 0.15) is 12.5 Å². The number of anilines is 1. The van der Waals surface area contributed by atoms with Crippen molar-refractivity contribution in [3.05, 3.63) is 60.2 Å². The summed E-state index contributed by atoms with van der Waals surface area (Å²) in [5.41, 5.74) is 1.81. The van der Waals surface area contributed by atoms with Crippen molar-refractivity contribution in [3.63, 3.8) is 0 Å². The third-order valence-corrected chi connectivity index (χ3v) is 4.12. The van der Waals surface area contributed by atoms with Crippen LogP contribution in [-0.2, 0) is 20.7 Å². The number of nitrogens with one attached hydrogen (secondary N) is 1. The third kappa shape index (κ3) is 5.79. The Labute approximate surface area is 140 Å². The summed E-state index contributed by atoms with van der Waals surface area (Å²) in [5, 5.41) is 2.77. The van der Waals surface area contributed by atoms with Gasteiger partial charge in [-0.05, 0) is 30.2 Å². The van der Waals surface area contributed by atoms with E-state index in [4.69, 9.17) is 4.74 Å². The number of ether oxygens (including phenoxy) is 1. The molecule has 0 unspecified atom stereocenters. The minimum atomic E-state index is -0.405. The molecular weight excluding hydrogens is 310 g/mol. The molecule has 23 heavy (non-hydrogen) atoms. The second kappa shape index (κ2) is 9.00. The van der Waals surface area contributed by atoms with Crippen LogP contribution < -0.4 is 5.32 Å². The Balaban J connectivity index is 1.74. The van der Waals surface area contributed by atoms with Crippen LogP contribution in [0.5, 0.6) is 0 Å². The van der Waals surface area contributed by atoms with Crippen LogP contribution in [-0.4, -0.2) is 24.2 Å². The van der Waals surface area contributed by atoms with E-state index in [0.29, 0.717) is 0 Å². The van der Waals surface area contributed by atoms with Gasteiger partial charge in [-0.3, -0.25) is 9.59 Å². The van der Waals surface area contributed by atoms with E-state index in [0.717, 1.165) is 22.6 Å². The second-order valence-electron chi connectivity index (χ2n) is 4.82. The summed E-state index contributed by atoms with van der Waals surface area (Å²) in [4.78, 5) is 24.5. The van der Waals surface area contributed by atoms with Crippen molar-refractivity contribution in [1.29, 1.82) is 0 Å². The maximum absolute atomic E-state index is 11.9. The first-order chi connectivity index (χ1) is 11.2. The van der Waals surface area contributed by atoms with Crippen molar-refractivity contribution in [2.45, 2.75) is 18.2 Å². The fourth-order valence-corrected chi connectivity index (χ4v) is 2.70. The molecule has 0 aromatic heterocycles. The van der Waals surface area contributed by atoms with Gasteiger partial charge in [-0.15, -0.1) is 11.8 Å². The molecule has 2 rings (SSSR count). The number of aryl methyl sites for hydroxylation is 1. The second-order valence-corrected chi connectivity index (χ2v) is 5.87. The van der Waals surface area contributed by atoms with E-state index in [1.807, 2.05) is 61.5 Å². The molecule has 5 heteroatoms. The normalized spacial score (nSPS) is 10.1. The molecule has 1 amide bonds. The van der Waals surface area contributed by atoms with Gasteiger partial charge in [-0.1, -0.05) is 43.3 Å². The van der Waals surface area contributed by atoms with Gasteiger partial charge >= 0.3 is 5.97 Å². The summed E-state index contributed by atoms with van der Waals surface area (Å²) in [7, 11) is 0. The average molecular weight is 329 g/mol. The minimum Gasteiger partial charge on any atom is -0.455 e. The number of hydrogen-bond donors (Lipinski definition) is 1. The molecule has 0 bridgehead atoms. The van der Waals surface area contributed by atoms with Crippen molar-refractivity contribution in [2.24, 2.45) is 0 Å². The highest BCUT2D eigenvalue weighted by atomic mass is 32.2. The molecule has 2 aromatic rings. The third-order valence-electron chi connectivity index (χ3n) is 3.14. The molecule has 0 aliphatic carbocycles. The summed E-state index contributed by atoms with van der Waals surface area (Å²) in [5.74, 6) is -0.551. The number of benzene rings is 2. The highest BCUT2D eigenvalue weighted by Gasteiger charge is 2.10. The lowest BCUT2D eigenvalue weighted by Crippen LogP contribution is -2.22. The van der Waals surface area contributed by atoms with Gasteiger partial charge in [0.05, 0.1) is 5.75 Å². The van der Waals surface area contributed by atoms with E-state index >= 15 is 0 Å². The first kappa shape index (κ1) is 17.1. The summed E-state index contributed by atoms with van der Waals surface area (Å²) in [6.45, 7) is 1.75. The number of carbonyl (C=O) groups excluding carboxylic acids is 2. The topological polar surface area (TPSA) is 55.4 Å². The summed E-state index contributed by atoms with van der Waals surface area (Å²) < 4.78 is 5.00. The highest BCUT2D eigenvalue weighted by molar-refractivity contribution is 8.00. The molecule has 0 spiro atoms. The molecule has 0 fully saturated rings. The lowest BCUT2D eigenvalue weighted by atomic mass is 10.1. The number of hydrogen-bond acceptors (Lipinski definition) is 4. The number of carbonyl (C=O) groups is 2. The van der Waals surface area contributed by atoms with Crippen LogP contribution in [0.3, 0.4) is 0 Å². The summed E-state index contributed by atoms with van der Waals surface area (Å²) >= 11 is 1.38. The van der Waals surface area contributed by atoms with Crippen LogP contribution >= 0.6 is 11.8 Å². The molecular formula is C18H19NO3S. The van der Waals surface area contributed by atoms with E-state index in [9.17, 15) is 9.59 Å². The van der Waals surface area contributed by atoms with Crippen molar-refractivity contribution in [2.75, 3.05) is 17.7 Å². The smallest absolute Gasteiger partial charge is 0.316 e. The molecule has 4 nitrogen and oxygen atoms in total. The van der Waals surface area contributed by atoms with Crippen molar-refractivity contribution in [1.82, 2.24) is 0 Å². The highest BCUT2D eigenvalue weighted by Crippen LogP contribution is 2.17. The van der Waals surface area contributed by atoms with Crippen LogP contribution in [0.4, 0.5) is 5.69 Å². The lowest BCUT2D eigenvalue weighted by molar-refractivity contribution is -0.144. The molecule has 0 radical (unpaired) electrons. The number of esters is 1. The van der Waals surface area contributed by atoms with E-state index in [1.165, 1.54) is 11.8 Å². The van der Waals surface area contributed by atoms with Crippen molar-refractivity contribution < 1.29 is 14.3 Å². The first-order valence-corrected chi connectivity index (χ1v) is 8.39. The van der Waals surface area contributed by atoms with E-state index in [1.54, 1.807) is 0 Å². The molecule has 0 atom stereocenters. The Morgan fingerprint density at radius 3 is 2.48 bits per heavy atom. The Hall–Kier alpha value is -2.27. The van der Waals surface area contributed by atoms with Gasteiger partial charge in [0.2, 0.25) is 0 Å². The largest absolute Gasteiger partial charge is 0.455 e. The quantitative estimate of drug-likeness (QED) is 0.624. The molecule has 0 aliphatic rings. The van der Waals surface area contributed by atoms with E-state index in [2.05, 4.69) is 5.32 Å². The predicted molar refractivity (Wildman–Crippen MR) is 92.6 cm³/mol.